The Morgan fingerprint density at radius 1 is 1.24 bits per heavy atom. The van der Waals surface area contributed by atoms with Crippen LogP contribution in [0.15, 0.2) is 42.7 Å². The summed E-state index contributed by atoms with van der Waals surface area (Å²) < 4.78 is 0. The van der Waals surface area contributed by atoms with Crippen LogP contribution in [-0.2, 0) is 4.79 Å². The van der Waals surface area contributed by atoms with E-state index in [4.69, 9.17) is 9.90 Å². The number of aliphatic hydroxyl groups excluding tert-OH is 1. The lowest BCUT2D eigenvalue weighted by atomic mass is 10.1. The lowest BCUT2D eigenvalue weighted by Gasteiger charge is -2.20. The molecule has 25 heavy (non-hydrogen) atoms. The number of fused-ring (bicyclic) bond motifs is 1. The van der Waals surface area contributed by atoms with Crippen molar-refractivity contribution in [2.75, 3.05) is 11.9 Å². The zero-order valence-electron chi connectivity index (χ0n) is 14.2. The van der Waals surface area contributed by atoms with E-state index >= 15 is 0 Å². The average molecular weight is 342 g/mol. The number of benzene rings is 1. The Hall–Kier alpha value is -2.93. The zero-order chi connectivity index (χ0) is 18.2. The Bertz CT molecular complexity index is 802. The Kier molecular flexibility index (Phi) is 6.47. The lowest BCUT2D eigenvalue weighted by Crippen LogP contribution is -2.29. The van der Waals surface area contributed by atoms with E-state index in [0.29, 0.717) is 5.92 Å². The topological polar surface area (TPSA) is 111 Å². The molecule has 1 atom stereocenters. The number of hydrogen-bond acceptors (Lipinski definition) is 5. The molecule has 0 bridgehead atoms. The van der Waals surface area contributed by atoms with E-state index in [9.17, 15) is 5.11 Å². The molecule has 0 aliphatic carbocycles. The Labute approximate surface area is 145 Å². The largest absolute Gasteiger partial charge is 0.483 e. The van der Waals surface area contributed by atoms with E-state index in [1.807, 2.05) is 24.3 Å². The normalized spacial score (nSPS) is 11.7. The molecule has 1 aromatic carbocycles. The fourth-order valence-electron chi connectivity index (χ4n) is 2.43. The summed E-state index contributed by atoms with van der Waals surface area (Å²) in [5, 5.41) is 20.6. The van der Waals surface area contributed by atoms with Crippen LogP contribution in [0.4, 0.5) is 5.82 Å². The van der Waals surface area contributed by atoms with Crippen molar-refractivity contribution < 1.29 is 15.0 Å². The van der Waals surface area contributed by atoms with Gasteiger partial charge in [-0.1, -0.05) is 44.2 Å². The smallest absolute Gasteiger partial charge is 0.290 e. The summed E-state index contributed by atoms with van der Waals surface area (Å²) in [6.07, 6.45) is 1.53. The van der Waals surface area contributed by atoms with Crippen LogP contribution in [-0.4, -0.2) is 44.3 Å². The molecule has 132 valence electrons. The standard InChI is InChI=1S/C17H20N4O.CH2O2/c1-11(2)15(9-22)21-17-13-8-14(12-6-4-3-5-7-12)20-16(13)18-10-19-17;2-1-3/h3-8,10-11,15,22H,9H2,1-2H3,(H2,18,19,20,21);1H,(H,2,3)/t15-;/m0./s1. The minimum absolute atomic E-state index is 0.0341. The van der Waals surface area contributed by atoms with Crippen molar-refractivity contribution in [2.24, 2.45) is 5.92 Å². The van der Waals surface area contributed by atoms with Crippen LogP contribution >= 0.6 is 0 Å². The van der Waals surface area contributed by atoms with Crippen LogP contribution < -0.4 is 5.32 Å². The number of anilines is 1. The van der Waals surface area contributed by atoms with Crippen molar-refractivity contribution in [1.82, 2.24) is 15.0 Å². The second-order valence-electron chi connectivity index (χ2n) is 5.82. The molecule has 2 heterocycles. The predicted molar refractivity (Wildman–Crippen MR) is 97.4 cm³/mol. The average Bonchev–Trinajstić information content (AvgIpc) is 3.06. The van der Waals surface area contributed by atoms with Gasteiger partial charge in [0.05, 0.1) is 18.0 Å². The minimum atomic E-state index is -0.250. The zero-order valence-corrected chi connectivity index (χ0v) is 14.2. The number of carbonyl (C=O) groups is 1. The highest BCUT2D eigenvalue weighted by molar-refractivity contribution is 5.91. The fourth-order valence-corrected chi connectivity index (χ4v) is 2.43. The molecule has 3 aromatic rings. The molecule has 0 amide bonds. The van der Waals surface area contributed by atoms with Gasteiger partial charge < -0.3 is 20.5 Å². The number of hydrogen-bond donors (Lipinski definition) is 4. The van der Waals surface area contributed by atoms with Gasteiger partial charge in [0, 0.05) is 5.69 Å². The Balaban J connectivity index is 0.000000701. The summed E-state index contributed by atoms with van der Waals surface area (Å²) >= 11 is 0. The van der Waals surface area contributed by atoms with Crippen LogP contribution in [0.5, 0.6) is 0 Å². The Morgan fingerprint density at radius 3 is 2.52 bits per heavy atom. The highest BCUT2D eigenvalue weighted by atomic mass is 16.3. The van der Waals surface area contributed by atoms with Crippen molar-refractivity contribution in [3.63, 3.8) is 0 Å². The number of aromatic amines is 1. The fraction of sp³-hybridized carbons (Fsp3) is 0.278. The van der Waals surface area contributed by atoms with Gasteiger partial charge in [-0.05, 0) is 17.5 Å². The van der Waals surface area contributed by atoms with E-state index in [2.05, 4.69) is 46.2 Å². The van der Waals surface area contributed by atoms with Gasteiger partial charge in [-0.3, -0.25) is 4.79 Å². The van der Waals surface area contributed by atoms with Gasteiger partial charge in [-0.25, -0.2) is 9.97 Å². The summed E-state index contributed by atoms with van der Waals surface area (Å²) in [4.78, 5) is 20.3. The molecule has 0 fully saturated rings. The van der Waals surface area contributed by atoms with Gasteiger partial charge in [0.25, 0.3) is 6.47 Å². The third-order valence-electron chi connectivity index (χ3n) is 3.83. The maximum atomic E-state index is 9.50. The SMILES string of the molecule is CC(C)[C@H](CO)Nc1ncnc2[nH]c(-c3ccccc3)cc12.O=CO. The summed E-state index contributed by atoms with van der Waals surface area (Å²) in [7, 11) is 0. The monoisotopic (exact) mass is 342 g/mol. The molecular formula is C18H22N4O3. The highest BCUT2D eigenvalue weighted by Crippen LogP contribution is 2.27. The molecule has 0 unspecified atom stereocenters. The van der Waals surface area contributed by atoms with Crippen LogP contribution in [0.2, 0.25) is 0 Å². The molecule has 0 saturated heterocycles. The van der Waals surface area contributed by atoms with Gasteiger partial charge in [0.1, 0.15) is 17.8 Å². The molecule has 3 rings (SSSR count). The third kappa shape index (κ3) is 4.54. The van der Waals surface area contributed by atoms with Gasteiger partial charge in [0.2, 0.25) is 0 Å². The van der Waals surface area contributed by atoms with Crippen molar-refractivity contribution in [3.8, 4) is 11.3 Å². The van der Waals surface area contributed by atoms with Gasteiger partial charge in [0.15, 0.2) is 0 Å². The van der Waals surface area contributed by atoms with Gasteiger partial charge >= 0.3 is 0 Å². The maximum Gasteiger partial charge on any atom is 0.290 e. The van der Waals surface area contributed by atoms with Crippen LogP contribution in [0.25, 0.3) is 22.3 Å². The molecule has 0 spiro atoms. The van der Waals surface area contributed by atoms with Crippen LogP contribution in [0.3, 0.4) is 0 Å². The van der Waals surface area contributed by atoms with E-state index in [-0.39, 0.29) is 19.1 Å². The molecule has 0 saturated carbocycles. The van der Waals surface area contributed by atoms with Crippen molar-refractivity contribution in [1.29, 1.82) is 0 Å². The van der Waals surface area contributed by atoms with Crippen molar-refractivity contribution >= 4 is 23.3 Å². The number of aromatic nitrogens is 3. The quantitative estimate of drug-likeness (QED) is 0.531. The summed E-state index contributed by atoms with van der Waals surface area (Å²) in [5.74, 6) is 1.05. The molecule has 7 nitrogen and oxygen atoms in total. The molecule has 0 aliphatic rings. The molecule has 2 aromatic heterocycles. The third-order valence-corrected chi connectivity index (χ3v) is 3.83. The number of H-pyrrole nitrogens is 1. The first-order valence-corrected chi connectivity index (χ1v) is 7.95. The molecule has 4 N–H and O–H groups in total. The van der Waals surface area contributed by atoms with E-state index in [1.54, 1.807) is 0 Å². The van der Waals surface area contributed by atoms with E-state index < -0.39 is 0 Å². The second kappa shape index (κ2) is 8.79. The first kappa shape index (κ1) is 18.4. The van der Waals surface area contributed by atoms with Gasteiger partial charge in [-0.2, -0.15) is 0 Å². The summed E-state index contributed by atoms with van der Waals surface area (Å²) in [5.41, 5.74) is 2.90. The molecule has 0 radical (unpaired) electrons. The number of nitrogens with one attached hydrogen (secondary N) is 2. The molecule has 7 heteroatoms. The van der Waals surface area contributed by atoms with Crippen LogP contribution in [0.1, 0.15) is 13.8 Å². The number of carboxylic acid groups (broad SMARTS) is 1. The number of nitrogens with zero attached hydrogens (tertiary/aromatic N) is 2. The summed E-state index contributed by atoms with van der Waals surface area (Å²) in [6.45, 7) is 3.96. The Morgan fingerprint density at radius 2 is 1.92 bits per heavy atom. The number of rotatable bonds is 5. The van der Waals surface area contributed by atoms with E-state index in [0.717, 1.165) is 28.1 Å². The number of aliphatic hydroxyl groups is 1. The lowest BCUT2D eigenvalue weighted by molar-refractivity contribution is -0.122. The first-order valence-electron chi connectivity index (χ1n) is 7.95. The highest BCUT2D eigenvalue weighted by Gasteiger charge is 2.15. The van der Waals surface area contributed by atoms with Crippen LogP contribution in [0, 0.1) is 5.92 Å². The van der Waals surface area contributed by atoms with Crippen molar-refractivity contribution in [3.05, 3.63) is 42.7 Å². The second-order valence-corrected chi connectivity index (χ2v) is 5.82. The molecular weight excluding hydrogens is 320 g/mol. The molecule has 0 aliphatic heterocycles. The van der Waals surface area contributed by atoms with Crippen molar-refractivity contribution in [2.45, 2.75) is 19.9 Å². The van der Waals surface area contributed by atoms with Gasteiger partial charge in [-0.15, -0.1) is 0 Å². The maximum absolute atomic E-state index is 9.50. The minimum Gasteiger partial charge on any atom is -0.483 e. The summed E-state index contributed by atoms with van der Waals surface area (Å²) in [6, 6.07) is 12.1. The predicted octanol–water partition coefficient (Wildman–Crippen LogP) is 2.75. The van der Waals surface area contributed by atoms with E-state index in [1.165, 1.54) is 6.33 Å². The first-order chi connectivity index (χ1) is 12.1.